The van der Waals surface area contributed by atoms with Gasteiger partial charge in [-0.1, -0.05) is 47.9 Å². The highest BCUT2D eigenvalue weighted by atomic mass is 15.1. The molecule has 0 spiro atoms. The maximum atomic E-state index is 2.46. The summed E-state index contributed by atoms with van der Waals surface area (Å²) in [5, 5.41) is 0. The molecule has 1 aromatic rings. The van der Waals surface area contributed by atoms with Crippen LogP contribution >= 0.6 is 0 Å². The molecule has 17 heavy (non-hydrogen) atoms. The molecule has 1 atom stereocenters. The van der Waals surface area contributed by atoms with E-state index >= 15 is 0 Å². The van der Waals surface area contributed by atoms with E-state index in [0.717, 1.165) is 0 Å². The zero-order chi connectivity index (χ0) is 12.3. The van der Waals surface area contributed by atoms with Crippen LogP contribution in [0.3, 0.4) is 0 Å². The lowest BCUT2D eigenvalue weighted by Gasteiger charge is -2.30. The Kier molecular flexibility index (Phi) is 4.01. The van der Waals surface area contributed by atoms with Gasteiger partial charge in [0.15, 0.2) is 0 Å². The second-order valence-electron chi connectivity index (χ2n) is 5.32. The molecule has 1 aliphatic heterocycles. The first-order valence-electron chi connectivity index (χ1n) is 6.62. The molecule has 1 aromatic carbocycles. The van der Waals surface area contributed by atoms with Gasteiger partial charge in [0.2, 0.25) is 0 Å². The lowest BCUT2D eigenvalue weighted by atomic mass is 10.0. The predicted molar refractivity (Wildman–Crippen MR) is 75.2 cm³/mol. The fourth-order valence-electron chi connectivity index (χ4n) is 2.67. The molecule has 1 heteroatoms. The van der Waals surface area contributed by atoms with E-state index in [1.807, 2.05) is 0 Å². The first-order valence-corrected chi connectivity index (χ1v) is 6.62. The second-order valence-corrected chi connectivity index (χ2v) is 5.32. The molecule has 1 aliphatic rings. The molecule has 0 saturated carbocycles. The highest BCUT2D eigenvalue weighted by Crippen LogP contribution is 2.18. The number of likely N-dealkylation sites (N-methyl/N-ethyl adjacent to an activating group) is 1. The first kappa shape index (κ1) is 12.4. The minimum atomic E-state index is 0.629. The van der Waals surface area contributed by atoms with Crippen LogP contribution < -0.4 is 0 Å². The summed E-state index contributed by atoms with van der Waals surface area (Å²) in [6.07, 6.45) is 8.67. The molecule has 92 valence electrons. The minimum Gasteiger partial charge on any atom is -0.300 e. The molecule has 0 amide bonds. The molecule has 1 nitrogen and oxygen atoms in total. The van der Waals surface area contributed by atoms with Gasteiger partial charge in [-0.3, -0.25) is 4.90 Å². The fraction of sp³-hybridized carbons (Fsp3) is 0.500. The van der Waals surface area contributed by atoms with Crippen LogP contribution in [-0.2, 0) is 0 Å². The highest BCUT2D eigenvalue weighted by molar-refractivity contribution is 5.52. The van der Waals surface area contributed by atoms with Crippen molar-refractivity contribution >= 4 is 6.08 Å². The molecular weight excluding hydrogens is 206 g/mol. The smallest absolute Gasteiger partial charge is 0.0278 e. The lowest BCUT2D eigenvalue weighted by molar-refractivity contribution is 0.222. The summed E-state index contributed by atoms with van der Waals surface area (Å²) in [7, 11) is 2.23. The fourth-order valence-corrected chi connectivity index (χ4v) is 2.67. The van der Waals surface area contributed by atoms with Gasteiger partial charge in [0.05, 0.1) is 0 Å². The molecule has 1 fully saturated rings. The second kappa shape index (κ2) is 5.50. The van der Waals surface area contributed by atoms with E-state index in [1.165, 1.54) is 42.5 Å². The van der Waals surface area contributed by atoms with Crippen molar-refractivity contribution in [1.29, 1.82) is 0 Å². The Morgan fingerprint density at radius 2 is 1.82 bits per heavy atom. The number of hydrogen-bond donors (Lipinski definition) is 0. The third-order valence-electron chi connectivity index (χ3n) is 3.58. The van der Waals surface area contributed by atoms with Gasteiger partial charge in [-0.2, -0.15) is 0 Å². The molecule has 0 aromatic heterocycles. The van der Waals surface area contributed by atoms with Crippen molar-refractivity contribution in [2.45, 2.75) is 39.2 Å². The van der Waals surface area contributed by atoms with Gasteiger partial charge >= 0.3 is 0 Å². The van der Waals surface area contributed by atoms with E-state index in [-0.39, 0.29) is 0 Å². The Morgan fingerprint density at radius 3 is 2.47 bits per heavy atom. The summed E-state index contributed by atoms with van der Waals surface area (Å²) in [5.74, 6) is 0. The molecule has 1 heterocycles. The molecule has 1 saturated heterocycles. The Hall–Kier alpha value is -1.08. The van der Waals surface area contributed by atoms with Crippen LogP contribution in [-0.4, -0.2) is 24.5 Å². The molecule has 1 unspecified atom stereocenters. The number of nitrogens with zero attached hydrogens (tertiary/aromatic N) is 1. The summed E-state index contributed by atoms with van der Waals surface area (Å²) in [6, 6.07) is 7.37. The number of benzene rings is 1. The van der Waals surface area contributed by atoms with Crippen LogP contribution in [0, 0.1) is 13.8 Å². The summed E-state index contributed by atoms with van der Waals surface area (Å²) < 4.78 is 0. The topological polar surface area (TPSA) is 3.24 Å². The molecule has 0 aliphatic carbocycles. The molecule has 0 N–H and O–H groups in total. The summed E-state index contributed by atoms with van der Waals surface area (Å²) in [4.78, 5) is 2.46. The van der Waals surface area contributed by atoms with Gasteiger partial charge in [0, 0.05) is 6.04 Å². The third-order valence-corrected chi connectivity index (χ3v) is 3.58. The van der Waals surface area contributed by atoms with Crippen LogP contribution in [0.1, 0.15) is 36.0 Å². The standard InChI is InChI=1S/C16H23N/c1-13-10-14(2)12-15(11-13)7-8-16-6-4-5-9-17(16)3/h7-8,10-12,16H,4-6,9H2,1-3H3/b8-7+. The zero-order valence-corrected chi connectivity index (χ0v) is 11.2. The van der Waals surface area contributed by atoms with Crippen molar-refractivity contribution in [3.8, 4) is 0 Å². The van der Waals surface area contributed by atoms with Gasteiger partial charge in [0.25, 0.3) is 0 Å². The van der Waals surface area contributed by atoms with Gasteiger partial charge in [0.1, 0.15) is 0 Å². The number of hydrogen-bond acceptors (Lipinski definition) is 1. The summed E-state index contributed by atoms with van der Waals surface area (Å²) in [5.41, 5.74) is 4.03. The van der Waals surface area contributed by atoms with E-state index in [9.17, 15) is 0 Å². The van der Waals surface area contributed by atoms with Crippen LogP contribution in [0.25, 0.3) is 6.08 Å². The normalized spacial score (nSPS) is 22.2. The monoisotopic (exact) mass is 229 g/mol. The Morgan fingerprint density at radius 1 is 1.12 bits per heavy atom. The van der Waals surface area contributed by atoms with Gasteiger partial charge in [-0.25, -0.2) is 0 Å². The minimum absolute atomic E-state index is 0.629. The number of likely N-dealkylation sites (tertiary alicyclic amines) is 1. The maximum absolute atomic E-state index is 2.46. The van der Waals surface area contributed by atoms with Crippen LogP contribution in [0.2, 0.25) is 0 Å². The van der Waals surface area contributed by atoms with Crippen molar-refractivity contribution in [2.75, 3.05) is 13.6 Å². The van der Waals surface area contributed by atoms with Crippen molar-refractivity contribution in [2.24, 2.45) is 0 Å². The lowest BCUT2D eigenvalue weighted by Crippen LogP contribution is -2.34. The van der Waals surface area contributed by atoms with Crippen molar-refractivity contribution < 1.29 is 0 Å². The largest absolute Gasteiger partial charge is 0.300 e. The van der Waals surface area contributed by atoms with Crippen LogP contribution in [0.15, 0.2) is 24.3 Å². The Balaban J connectivity index is 2.08. The van der Waals surface area contributed by atoms with Gasteiger partial charge in [-0.05, 0) is 45.8 Å². The molecular formula is C16H23N. The Bertz CT molecular complexity index is 386. The van der Waals surface area contributed by atoms with Crippen molar-refractivity contribution in [1.82, 2.24) is 4.90 Å². The Labute approximate surface area is 105 Å². The van der Waals surface area contributed by atoms with E-state index in [2.05, 4.69) is 56.1 Å². The number of aryl methyl sites for hydroxylation is 2. The van der Waals surface area contributed by atoms with E-state index in [1.54, 1.807) is 0 Å². The number of rotatable bonds is 2. The zero-order valence-electron chi connectivity index (χ0n) is 11.2. The first-order chi connectivity index (χ1) is 8.15. The van der Waals surface area contributed by atoms with Gasteiger partial charge in [-0.15, -0.1) is 0 Å². The van der Waals surface area contributed by atoms with E-state index in [4.69, 9.17) is 0 Å². The predicted octanol–water partition coefficient (Wildman–Crippen LogP) is 3.80. The van der Waals surface area contributed by atoms with Crippen LogP contribution in [0.4, 0.5) is 0 Å². The highest BCUT2D eigenvalue weighted by Gasteiger charge is 2.15. The molecule has 2 rings (SSSR count). The van der Waals surface area contributed by atoms with Crippen LogP contribution in [0.5, 0.6) is 0 Å². The summed E-state index contributed by atoms with van der Waals surface area (Å²) in [6.45, 7) is 5.57. The summed E-state index contributed by atoms with van der Waals surface area (Å²) >= 11 is 0. The van der Waals surface area contributed by atoms with Gasteiger partial charge < -0.3 is 0 Å². The quantitative estimate of drug-likeness (QED) is 0.745. The average Bonchev–Trinajstić information content (AvgIpc) is 2.27. The van der Waals surface area contributed by atoms with E-state index < -0.39 is 0 Å². The molecule has 0 bridgehead atoms. The third kappa shape index (κ3) is 3.44. The van der Waals surface area contributed by atoms with Crippen molar-refractivity contribution in [3.63, 3.8) is 0 Å². The van der Waals surface area contributed by atoms with E-state index in [0.29, 0.717) is 6.04 Å². The average molecular weight is 229 g/mol. The number of piperidine rings is 1. The maximum Gasteiger partial charge on any atom is 0.0278 e. The molecule has 0 radical (unpaired) electrons. The van der Waals surface area contributed by atoms with Crippen molar-refractivity contribution in [3.05, 3.63) is 41.0 Å². The SMILES string of the molecule is Cc1cc(C)cc(/C=C/C2CCCCN2C)c1.